The number of thioether (sulfide) groups is 1. The number of hydrogen-bond donors (Lipinski definition) is 2. The minimum atomic E-state index is -0.185. The Kier molecular flexibility index (Phi) is 4.39. The van der Waals surface area contributed by atoms with Gasteiger partial charge in [0.2, 0.25) is 5.91 Å². The van der Waals surface area contributed by atoms with Crippen molar-refractivity contribution in [2.24, 2.45) is 0 Å². The fourth-order valence-corrected chi connectivity index (χ4v) is 3.31. The van der Waals surface area contributed by atoms with Crippen LogP contribution in [-0.4, -0.2) is 17.1 Å². The van der Waals surface area contributed by atoms with Gasteiger partial charge in [0, 0.05) is 16.1 Å². The lowest BCUT2D eigenvalue weighted by Crippen LogP contribution is -2.26. The highest BCUT2D eigenvalue weighted by Crippen LogP contribution is 2.36. The monoisotopic (exact) mass is 326 g/mol. The standard InChI is InChI=1S/C18H18N2O2S/c1-3-12-4-7-14(8-5-12)19-18(22)13-6-9-16-15(10-13)20-17(21)11(2)23-16/h4-11H,3H2,1-2H3,(H,19,22)(H,20,21). The predicted molar refractivity (Wildman–Crippen MR) is 94.2 cm³/mol. The quantitative estimate of drug-likeness (QED) is 0.898. The van der Waals surface area contributed by atoms with Crippen molar-refractivity contribution in [3.8, 4) is 0 Å². The molecular weight excluding hydrogens is 308 g/mol. The summed E-state index contributed by atoms with van der Waals surface area (Å²) in [7, 11) is 0. The zero-order chi connectivity index (χ0) is 16.4. The van der Waals surface area contributed by atoms with E-state index in [1.54, 1.807) is 12.1 Å². The van der Waals surface area contributed by atoms with E-state index in [9.17, 15) is 9.59 Å². The Morgan fingerprint density at radius 2 is 1.96 bits per heavy atom. The predicted octanol–water partition coefficient (Wildman–Crippen LogP) is 3.93. The number of anilines is 2. The van der Waals surface area contributed by atoms with Crippen LogP contribution >= 0.6 is 11.8 Å². The largest absolute Gasteiger partial charge is 0.324 e. The molecule has 1 heterocycles. The Morgan fingerprint density at radius 3 is 2.65 bits per heavy atom. The highest BCUT2D eigenvalue weighted by Gasteiger charge is 2.23. The van der Waals surface area contributed by atoms with Gasteiger partial charge < -0.3 is 10.6 Å². The van der Waals surface area contributed by atoms with Gasteiger partial charge in [-0.25, -0.2) is 0 Å². The van der Waals surface area contributed by atoms with Gasteiger partial charge in [0.05, 0.1) is 10.9 Å². The van der Waals surface area contributed by atoms with E-state index < -0.39 is 0 Å². The number of rotatable bonds is 3. The summed E-state index contributed by atoms with van der Waals surface area (Å²) in [5, 5.41) is 5.61. The van der Waals surface area contributed by atoms with Crippen LogP contribution in [0.2, 0.25) is 0 Å². The Balaban J connectivity index is 1.77. The van der Waals surface area contributed by atoms with E-state index in [1.165, 1.54) is 17.3 Å². The molecule has 0 radical (unpaired) electrons. The number of carbonyl (C=O) groups excluding carboxylic acids is 2. The Bertz CT molecular complexity index is 756. The van der Waals surface area contributed by atoms with Gasteiger partial charge in [0.25, 0.3) is 5.91 Å². The highest BCUT2D eigenvalue weighted by atomic mass is 32.2. The number of carbonyl (C=O) groups is 2. The van der Waals surface area contributed by atoms with E-state index in [0.29, 0.717) is 11.3 Å². The van der Waals surface area contributed by atoms with E-state index in [2.05, 4.69) is 17.6 Å². The Hall–Kier alpha value is -2.27. The lowest BCUT2D eigenvalue weighted by atomic mass is 10.1. The summed E-state index contributed by atoms with van der Waals surface area (Å²) in [4.78, 5) is 25.1. The molecule has 0 spiro atoms. The molecule has 0 aliphatic carbocycles. The molecule has 2 aromatic rings. The molecule has 1 atom stereocenters. The van der Waals surface area contributed by atoms with Gasteiger partial charge in [-0.2, -0.15) is 0 Å². The maximum absolute atomic E-state index is 12.4. The molecule has 1 aliphatic heterocycles. The molecule has 2 amide bonds. The molecule has 0 saturated carbocycles. The van der Waals surface area contributed by atoms with Crippen molar-refractivity contribution in [1.29, 1.82) is 0 Å². The van der Waals surface area contributed by atoms with Crippen molar-refractivity contribution in [2.45, 2.75) is 30.4 Å². The maximum Gasteiger partial charge on any atom is 0.255 e. The second-order valence-corrected chi connectivity index (χ2v) is 6.85. The van der Waals surface area contributed by atoms with Gasteiger partial charge in [0.15, 0.2) is 0 Å². The smallest absolute Gasteiger partial charge is 0.255 e. The van der Waals surface area contributed by atoms with Gasteiger partial charge in [-0.3, -0.25) is 9.59 Å². The van der Waals surface area contributed by atoms with E-state index >= 15 is 0 Å². The second-order valence-electron chi connectivity index (χ2n) is 5.46. The Morgan fingerprint density at radius 1 is 1.22 bits per heavy atom. The number of nitrogens with one attached hydrogen (secondary N) is 2. The van der Waals surface area contributed by atoms with Crippen molar-refractivity contribution in [2.75, 3.05) is 10.6 Å². The number of fused-ring (bicyclic) bond motifs is 1. The first-order chi connectivity index (χ1) is 11.1. The van der Waals surface area contributed by atoms with Gasteiger partial charge in [0.1, 0.15) is 0 Å². The summed E-state index contributed by atoms with van der Waals surface area (Å²) in [5.41, 5.74) is 3.22. The molecule has 0 bridgehead atoms. The van der Waals surface area contributed by atoms with Gasteiger partial charge in [-0.05, 0) is 49.2 Å². The van der Waals surface area contributed by atoms with Crippen LogP contribution in [0.4, 0.5) is 11.4 Å². The summed E-state index contributed by atoms with van der Waals surface area (Å²) >= 11 is 1.50. The minimum Gasteiger partial charge on any atom is -0.324 e. The summed E-state index contributed by atoms with van der Waals surface area (Å²) in [6.07, 6.45) is 0.967. The van der Waals surface area contributed by atoms with Crippen LogP contribution in [0.15, 0.2) is 47.4 Å². The topological polar surface area (TPSA) is 58.2 Å². The molecule has 3 rings (SSSR count). The van der Waals surface area contributed by atoms with Crippen LogP contribution in [-0.2, 0) is 11.2 Å². The molecule has 4 nitrogen and oxygen atoms in total. The van der Waals surface area contributed by atoms with Gasteiger partial charge in [-0.1, -0.05) is 19.1 Å². The fraction of sp³-hybridized carbons (Fsp3) is 0.222. The van der Waals surface area contributed by atoms with Gasteiger partial charge in [-0.15, -0.1) is 11.8 Å². The van der Waals surface area contributed by atoms with E-state index in [-0.39, 0.29) is 17.1 Å². The molecule has 23 heavy (non-hydrogen) atoms. The summed E-state index contributed by atoms with van der Waals surface area (Å²) in [5.74, 6) is -0.217. The summed E-state index contributed by atoms with van der Waals surface area (Å²) in [6.45, 7) is 3.96. The SMILES string of the molecule is CCc1ccc(NC(=O)c2ccc3c(c2)NC(=O)C(C)S3)cc1. The van der Waals surface area contributed by atoms with Crippen LogP contribution in [0.25, 0.3) is 0 Å². The van der Waals surface area contributed by atoms with Crippen LogP contribution in [0.1, 0.15) is 29.8 Å². The third kappa shape index (κ3) is 3.40. The zero-order valence-electron chi connectivity index (χ0n) is 13.1. The first-order valence-corrected chi connectivity index (χ1v) is 8.46. The summed E-state index contributed by atoms with van der Waals surface area (Å²) < 4.78 is 0. The normalized spacial score (nSPS) is 16.4. The molecule has 0 saturated heterocycles. The molecule has 5 heteroatoms. The van der Waals surface area contributed by atoms with Crippen molar-refractivity contribution >= 4 is 35.0 Å². The molecule has 118 valence electrons. The first-order valence-electron chi connectivity index (χ1n) is 7.58. The van der Waals surface area contributed by atoms with E-state index in [4.69, 9.17) is 0 Å². The third-order valence-corrected chi connectivity index (χ3v) is 4.97. The average molecular weight is 326 g/mol. The second kappa shape index (κ2) is 6.46. The van der Waals surface area contributed by atoms with E-state index in [0.717, 1.165) is 17.0 Å². The molecule has 1 unspecified atom stereocenters. The molecule has 0 aromatic heterocycles. The summed E-state index contributed by atoms with van der Waals surface area (Å²) in [6, 6.07) is 13.2. The van der Waals surface area contributed by atoms with Crippen molar-refractivity contribution in [3.05, 3.63) is 53.6 Å². The molecule has 0 fully saturated rings. The van der Waals surface area contributed by atoms with Crippen molar-refractivity contribution in [1.82, 2.24) is 0 Å². The first kappa shape index (κ1) is 15.6. The van der Waals surface area contributed by atoms with Gasteiger partial charge >= 0.3 is 0 Å². The van der Waals surface area contributed by atoms with E-state index in [1.807, 2.05) is 37.3 Å². The third-order valence-electron chi connectivity index (χ3n) is 3.79. The average Bonchev–Trinajstić information content (AvgIpc) is 2.56. The molecular formula is C18H18N2O2S. The van der Waals surface area contributed by atoms with Crippen LogP contribution < -0.4 is 10.6 Å². The molecule has 1 aliphatic rings. The number of amides is 2. The zero-order valence-corrected chi connectivity index (χ0v) is 13.9. The van der Waals surface area contributed by atoms with Crippen LogP contribution in [0, 0.1) is 0 Å². The minimum absolute atomic E-state index is 0.0322. The lowest BCUT2D eigenvalue weighted by molar-refractivity contribution is -0.115. The van der Waals surface area contributed by atoms with Crippen LogP contribution in [0.5, 0.6) is 0 Å². The number of hydrogen-bond acceptors (Lipinski definition) is 3. The number of aryl methyl sites for hydroxylation is 1. The Labute approximate surface area is 139 Å². The lowest BCUT2D eigenvalue weighted by Gasteiger charge is -2.21. The molecule has 2 aromatic carbocycles. The fourth-order valence-electron chi connectivity index (χ4n) is 2.38. The van der Waals surface area contributed by atoms with Crippen molar-refractivity contribution in [3.63, 3.8) is 0 Å². The maximum atomic E-state index is 12.4. The number of benzene rings is 2. The van der Waals surface area contributed by atoms with Crippen molar-refractivity contribution < 1.29 is 9.59 Å². The molecule has 2 N–H and O–H groups in total. The van der Waals surface area contributed by atoms with Crippen LogP contribution in [0.3, 0.4) is 0 Å². The highest BCUT2D eigenvalue weighted by molar-refractivity contribution is 8.00.